The summed E-state index contributed by atoms with van der Waals surface area (Å²) < 4.78 is 1.27. The molecule has 0 aliphatic rings. The van der Waals surface area contributed by atoms with E-state index < -0.39 is 4.92 Å². The first-order chi connectivity index (χ1) is 13.3. The molecule has 0 spiro atoms. The predicted molar refractivity (Wildman–Crippen MR) is 108 cm³/mol. The largest absolute Gasteiger partial charge is 0.339 e. The number of nitrogens with one attached hydrogen (secondary N) is 1. The Balaban J connectivity index is 1.94. The molecule has 0 radical (unpaired) electrons. The Morgan fingerprint density at radius 3 is 2.29 bits per heavy atom. The van der Waals surface area contributed by atoms with E-state index in [1.807, 2.05) is 0 Å². The fraction of sp³-hybridized carbons (Fsp3) is 0.0526. The molecule has 0 saturated heterocycles. The first kappa shape index (κ1) is 18.2. The van der Waals surface area contributed by atoms with Crippen molar-refractivity contribution in [3.63, 3.8) is 0 Å². The van der Waals surface area contributed by atoms with Crippen LogP contribution in [0.5, 0.6) is 0 Å². The summed E-state index contributed by atoms with van der Waals surface area (Å²) >= 11 is 12.3. The standard InChI is InChI=1S/C19H12Cl2N4O3/c1-10-18(12-6-13(20)8-14(21)7-12)19-22-16(9-17(26)24(19)23-10)11-2-4-15(5-3-11)25(27)28/h2-9,22H,1H3. The summed E-state index contributed by atoms with van der Waals surface area (Å²) in [6.07, 6.45) is 0. The maximum absolute atomic E-state index is 12.6. The van der Waals surface area contributed by atoms with Crippen LogP contribution in [0.4, 0.5) is 5.69 Å². The number of rotatable bonds is 3. The number of nitro benzene ring substituents is 1. The molecule has 0 saturated carbocycles. The van der Waals surface area contributed by atoms with Gasteiger partial charge in [0.25, 0.3) is 11.2 Å². The van der Waals surface area contributed by atoms with Gasteiger partial charge < -0.3 is 4.98 Å². The predicted octanol–water partition coefficient (Wildman–Crippen LogP) is 4.88. The van der Waals surface area contributed by atoms with Crippen molar-refractivity contribution < 1.29 is 4.92 Å². The second-order valence-corrected chi connectivity index (χ2v) is 7.08. The molecule has 0 amide bonds. The number of non-ortho nitro benzene ring substituents is 1. The van der Waals surface area contributed by atoms with Crippen LogP contribution < -0.4 is 5.56 Å². The Labute approximate surface area is 168 Å². The summed E-state index contributed by atoms with van der Waals surface area (Å²) in [5.74, 6) is 0. The van der Waals surface area contributed by atoms with Crippen LogP contribution in [0.2, 0.25) is 10.0 Å². The molecule has 2 aromatic carbocycles. The normalized spacial score (nSPS) is 11.1. The van der Waals surface area contributed by atoms with E-state index in [0.29, 0.717) is 38.2 Å². The lowest BCUT2D eigenvalue weighted by atomic mass is 10.1. The van der Waals surface area contributed by atoms with Crippen molar-refractivity contribution in [2.24, 2.45) is 0 Å². The molecule has 0 aliphatic carbocycles. The van der Waals surface area contributed by atoms with E-state index >= 15 is 0 Å². The van der Waals surface area contributed by atoms with E-state index in [0.717, 1.165) is 5.56 Å². The van der Waals surface area contributed by atoms with Crippen LogP contribution >= 0.6 is 23.2 Å². The Bertz CT molecular complexity index is 1270. The van der Waals surface area contributed by atoms with Gasteiger partial charge in [-0.25, -0.2) is 0 Å². The van der Waals surface area contributed by atoms with Crippen molar-refractivity contribution in [3.05, 3.63) is 84.7 Å². The summed E-state index contributed by atoms with van der Waals surface area (Å²) in [7, 11) is 0. The lowest BCUT2D eigenvalue weighted by molar-refractivity contribution is -0.384. The average molecular weight is 415 g/mol. The maximum Gasteiger partial charge on any atom is 0.274 e. The molecule has 0 atom stereocenters. The molecular formula is C19H12Cl2N4O3. The molecule has 2 heterocycles. The van der Waals surface area contributed by atoms with Crippen LogP contribution in [-0.2, 0) is 0 Å². The zero-order chi connectivity index (χ0) is 20.0. The van der Waals surface area contributed by atoms with Crippen LogP contribution in [0, 0.1) is 17.0 Å². The summed E-state index contributed by atoms with van der Waals surface area (Å²) in [4.78, 5) is 26.2. The van der Waals surface area contributed by atoms with Crippen LogP contribution in [0.3, 0.4) is 0 Å². The number of nitro groups is 1. The summed E-state index contributed by atoms with van der Waals surface area (Å²) in [6.45, 7) is 1.79. The number of nitrogens with zero attached hydrogens (tertiary/aromatic N) is 3. The minimum Gasteiger partial charge on any atom is -0.339 e. The molecular weight excluding hydrogens is 403 g/mol. The lowest BCUT2D eigenvalue weighted by Crippen LogP contribution is -2.14. The van der Waals surface area contributed by atoms with Gasteiger partial charge in [0, 0.05) is 33.8 Å². The fourth-order valence-corrected chi connectivity index (χ4v) is 3.64. The molecule has 1 N–H and O–H groups in total. The van der Waals surface area contributed by atoms with Gasteiger partial charge in [-0.05, 0) is 48.4 Å². The minimum absolute atomic E-state index is 0.0263. The number of halogens is 2. The number of aromatic nitrogens is 3. The van der Waals surface area contributed by atoms with Gasteiger partial charge in [0.1, 0.15) is 5.65 Å². The van der Waals surface area contributed by atoms with E-state index in [4.69, 9.17) is 23.2 Å². The fourth-order valence-electron chi connectivity index (χ4n) is 3.11. The van der Waals surface area contributed by atoms with Gasteiger partial charge in [0.2, 0.25) is 0 Å². The molecule has 0 unspecified atom stereocenters. The lowest BCUT2D eigenvalue weighted by Gasteiger charge is -2.06. The van der Waals surface area contributed by atoms with E-state index in [2.05, 4.69) is 10.1 Å². The highest BCUT2D eigenvalue weighted by Crippen LogP contribution is 2.32. The van der Waals surface area contributed by atoms with Crippen LogP contribution in [-0.4, -0.2) is 19.5 Å². The number of hydrogen-bond acceptors (Lipinski definition) is 4. The van der Waals surface area contributed by atoms with Crippen molar-refractivity contribution in [2.45, 2.75) is 6.92 Å². The first-order valence-electron chi connectivity index (χ1n) is 8.17. The van der Waals surface area contributed by atoms with Gasteiger partial charge >= 0.3 is 0 Å². The monoisotopic (exact) mass is 414 g/mol. The van der Waals surface area contributed by atoms with Crippen molar-refractivity contribution in [3.8, 4) is 22.4 Å². The number of fused-ring (bicyclic) bond motifs is 1. The molecule has 9 heteroatoms. The molecule has 28 heavy (non-hydrogen) atoms. The molecule has 0 bridgehead atoms. The summed E-state index contributed by atoms with van der Waals surface area (Å²) in [5.41, 5.74) is 3.34. The highest BCUT2D eigenvalue weighted by atomic mass is 35.5. The second-order valence-electron chi connectivity index (χ2n) is 6.20. The molecule has 7 nitrogen and oxygen atoms in total. The van der Waals surface area contributed by atoms with Gasteiger partial charge in [-0.2, -0.15) is 9.61 Å². The summed E-state index contributed by atoms with van der Waals surface area (Å²) in [5, 5.41) is 16.1. The highest BCUT2D eigenvalue weighted by molar-refractivity contribution is 6.35. The number of hydrogen-bond donors (Lipinski definition) is 1. The topological polar surface area (TPSA) is 93.3 Å². The van der Waals surface area contributed by atoms with E-state index in [1.54, 1.807) is 37.3 Å². The highest BCUT2D eigenvalue weighted by Gasteiger charge is 2.17. The number of H-pyrrole nitrogens is 1. The SMILES string of the molecule is Cc1nn2c(=O)cc(-c3ccc([N+](=O)[O-])cc3)[nH]c2c1-c1cc(Cl)cc(Cl)c1. The number of aryl methyl sites for hydroxylation is 1. The van der Waals surface area contributed by atoms with Gasteiger partial charge in [-0.15, -0.1) is 0 Å². The Hall–Kier alpha value is -3.16. The van der Waals surface area contributed by atoms with Crippen molar-refractivity contribution in [1.29, 1.82) is 0 Å². The number of aromatic amines is 1. The Morgan fingerprint density at radius 1 is 1.04 bits per heavy atom. The van der Waals surface area contributed by atoms with E-state index in [9.17, 15) is 14.9 Å². The summed E-state index contributed by atoms with van der Waals surface area (Å²) in [6, 6.07) is 12.4. The number of benzene rings is 2. The van der Waals surface area contributed by atoms with Crippen molar-refractivity contribution >= 4 is 34.5 Å². The first-order valence-corrected chi connectivity index (χ1v) is 8.93. The molecule has 4 aromatic rings. The third-order valence-corrected chi connectivity index (χ3v) is 4.77. The van der Waals surface area contributed by atoms with Gasteiger partial charge in [-0.3, -0.25) is 14.9 Å². The van der Waals surface area contributed by atoms with E-state index in [-0.39, 0.29) is 11.2 Å². The quantitative estimate of drug-likeness (QED) is 0.381. The smallest absolute Gasteiger partial charge is 0.274 e. The van der Waals surface area contributed by atoms with Crippen LogP contribution in [0.15, 0.2) is 53.3 Å². The van der Waals surface area contributed by atoms with Gasteiger partial charge in [0.05, 0.1) is 16.3 Å². The second kappa shape index (κ2) is 6.78. The van der Waals surface area contributed by atoms with Gasteiger partial charge in [-0.1, -0.05) is 23.2 Å². The average Bonchev–Trinajstić information content (AvgIpc) is 2.97. The maximum atomic E-state index is 12.6. The van der Waals surface area contributed by atoms with Crippen molar-refractivity contribution in [1.82, 2.24) is 14.6 Å². The third kappa shape index (κ3) is 3.15. The molecule has 0 fully saturated rings. The minimum atomic E-state index is -0.475. The Morgan fingerprint density at radius 2 is 1.68 bits per heavy atom. The molecule has 140 valence electrons. The van der Waals surface area contributed by atoms with E-state index in [1.165, 1.54) is 22.7 Å². The Kier molecular flexibility index (Phi) is 4.41. The molecule has 4 rings (SSSR count). The molecule has 0 aliphatic heterocycles. The van der Waals surface area contributed by atoms with Crippen LogP contribution in [0.1, 0.15) is 5.69 Å². The zero-order valence-electron chi connectivity index (χ0n) is 14.4. The van der Waals surface area contributed by atoms with Crippen LogP contribution in [0.25, 0.3) is 28.0 Å². The van der Waals surface area contributed by atoms with Crippen molar-refractivity contribution in [2.75, 3.05) is 0 Å². The van der Waals surface area contributed by atoms with Gasteiger partial charge in [0.15, 0.2) is 0 Å². The third-order valence-electron chi connectivity index (χ3n) is 4.33. The molecule has 2 aromatic heterocycles. The zero-order valence-corrected chi connectivity index (χ0v) is 16.0.